The topological polar surface area (TPSA) is 92.3 Å². The summed E-state index contributed by atoms with van der Waals surface area (Å²) in [7, 11) is 1.89. The van der Waals surface area contributed by atoms with Gasteiger partial charge in [0.05, 0.1) is 6.33 Å². The van der Waals surface area contributed by atoms with Gasteiger partial charge in [-0.15, -0.1) is 0 Å². The van der Waals surface area contributed by atoms with E-state index in [9.17, 15) is 0 Å². The van der Waals surface area contributed by atoms with Gasteiger partial charge in [0.25, 0.3) is 0 Å². The lowest BCUT2D eigenvalue weighted by molar-refractivity contribution is 0.793. The minimum atomic E-state index is 0.643. The minimum Gasteiger partial charge on any atom is -0.341 e. The van der Waals surface area contributed by atoms with Crippen LogP contribution < -0.4 is 5.32 Å². The molecular weight excluding hydrogens is 262 g/mol. The Kier molecular flexibility index (Phi) is 3.34. The number of aromatic nitrogens is 6. The average Bonchev–Trinajstić information content (AvgIpc) is 2.91. The smallest absolute Gasteiger partial charge is 0.193 e. The molecule has 0 atom stereocenters. The molecule has 0 fully saturated rings. The Morgan fingerprint density at radius 2 is 2.00 bits per heavy atom. The molecule has 0 radical (unpaired) electrons. The summed E-state index contributed by atoms with van der Waals surface area (Å²) >= 11 is 1.38. The molecule has 3 aromatic rings. The highest BCUT2D eigenvalue weighted by atomic mass is 32.2. The van der Waals surface area contributed by atoms with E-state index in [1.54, 1.807) is 18.7 Å². The number of nitrogens with zero attached hydrogens (tertiary/aromatic N) is 5. The van der Waals surface area contributed by atoms with E-state index in [-0.39, 0.29) is 0 Å². The zero-order valence-corrected chi connectivity index (χ0v) is 11.0. The van der Waals surface area contributed by atoms with Crippen LogP contribution in [0.25, 0.3) is 11.2 Å². The first-order chi connectivity index (χ1) is 9.36. The van der Waals surface area contributed by atoms with Crippen LogP contribution in [0.4, 0.5) is 0 Å². The molecule has 3 aromatic heterocycles. The Hall–Kier alpha value is -2.06. The summed E-state index contributed by atoms with van der Waals surface area (Å²) in [5, 5.41) is 4.47. The van der Waals surface area contributed by atoms with Crippen molar-refractivity contribution in [1.29, 1.82) is 0 Å². The first-order valence-electron chi connectivity index (χ1n) is 5.64. The maximum absolute atomic E-state index is 4.30. The standard InChI is InChI=1S/C11H11N7S/c1-12-2-7-3-13-11(14-4-7)19-10-8-9(16-5-15-8)17-6-18-10/h3-6,12H,2H2,1H3,(H,15,16,17,18). The SMILES string of the molecule is CNCc1cnc(Sc2ncnc3nc[nH]c23)nc1. The average molecular weight is 273 g/mol. The van der Waals surface area contributed by atoms with Crippen molar-refractivity contribution in [2.75, 3.05) is 7.05 Å². The normalized spacial score (nSPS) is 11.0. The van der Waals surface area contributed by atoms with Gasteiger partial charge in [0, 0.05) is 24.5 Å². The molecule has 0 aliphatic heterocycles. The van der Waals surface area contributed by atoms with Crippen molar-refractivity contribution in [1.82, 2.24) is 35.2 Å². The Bertz CT molecular complexity index is 679. The van der Waals surface area contributed by atoms with Crippen molar-refractivity contribution in [3.8, 4) is 0 Å². The Balaban J connectivity index is 1.86. The highest BCUT2D eigenvalue weighted by Gasteiger charge is 2.09. The second kappa shape index (κ2) is 5.29. The van der Waals surface area contributed by atoms with Crippen molar-refractivity contribution in [3.63, 3.8) is 0 Å². The molecule has 96 valence electrons. The summed E-state index contributed by atoms with van der Waals surface area (Å²) in [4.78, 5) is 24.0. The van der Waals surface area contributed by atoms with E-state index < -0.39 is 0 Å². The number of H-pyrrole nitrogens is 1. The lowest BCUT2D eigenvalue weighted by Gasteiger charge is -2.02. The highest BCUT2D eigenvalue weighted by Crippen LogP contribution is 2.26. The number of fused-ring (bicyclic) bond motifs is 1. The van der Waals surface area contributed by atoms with E-state index >= 15 is 0 Å². The van der Waals surface area contributed by atoms with Crippen molar-refractivity contribution < 1.29 is 0 Å². The van der Waals surface area contributed by atoms with Gasteiger partial charge in [0.15, 0.2) is 10.8 Å². The Morgan fingerprint density at radius 3 is 2.79 bits per heavy atom. The van der Waals surface area contributed by atoms with Gasteiger partial charge >= 0.3 is 0 Å². The maximum Gasteiger partial charge on any atom is 0.193 e. The number of hydrogen-bond donors (Lipinski definition) is 2. The molecule has 7 nitrogen and oxygen atoms in total. The maximum atomic E-state index is 4.30. The molecule has 8 heteroatoms. The molecule has 0 aliphatic rings. The van der Waals surface area contributed by atoms with Gasteiger partial charge in [-0.1, -0.05) is 0 Å². The molecule has 0 aromatic carbocycles. The van der Waals surface area contributed by atoms with Crippen LogP contribution in [-0.4, -0.2) is 37.0 Å². The third-order valence-electron chi connectivity index (χ3n) is 2.44. The highest BCUT2D eigenvalue weighted by molar-refractivity contribution is 7.99. The van der Waals surface area contributed by atoms with Crippen LogP contribution in [0.2, 0.25) is 0 Å². The third kappa shape index (κ3) is 2.54. The van der Waals surface area contributed by atoms with Gasteiger partial charge in [-0.25, -0.2) is 24.9 Å². The first-order valence-corrected chi connectivity index (χ1v) is 6.46. The van der Waals surface area contributed by atoms with E-state index in [0.29, 0.717) is 10.8 Å². The molecule has 0 saturated heterocycles. The van der Waals surface area contributed by atoms with Gasteiger partial charge < -0.3 is 10.3 Å². The van der Waals surface area contributed by atoms with Crippen molar-refractivity contribution in [3.05, 3.63) is 30.6 Å². The van der Waals surface area contributed by atoms with Crippen LogP contribution in [0.3, 0.4) is 0 Å². The fourth-order valence-corrected chi connectivity index (χ4v) is 2.33. The van der Waals surface area contributed by atoms with Crippen LogP contribution in [-0.2, 0) is 6.54 Å². The lowest BCUT2D eigenvalue weighted by Crippen LogP contribution is -2.05. The van der Waals surface area contributed by atoms with Gasteiger partial charge in [-0.05, 0) is 18.8 Å². The van der Waals surface area contributed by atoms with E-state index in [2.05, 4.69) is 35.2 Å². The molecule has 0 amide bonds. The number of rotatable bonds is 4. The van der Waals surface area contributed by atoms with Gasteiger partial charge in [-0.2, -0.15) is 0 Å². The van der Waals surface area contributed by atoms with Gasteiger partial charge in [0.2, 0.25) is 0 Å². The predicted octanol–water partition coefficient (Wildman–Crippen LogP) is 1.01. The molecule has 0 bridgehead atoms. The second-order valence-corrected chi connectivity index (χ2v) is 4.74. The van der Waals surface area contributed by atoms with E-state index in [4.69, 9.17) is 0 Å². The monoisotopic (exact) mass is 273 g/mol. The van der Waals surface area contributed by atoms with Crippen molar-refractivity contribution in [2.24, 2.45) is 0 Å². The first kappa shape index (κ1) is 12.0. The number of nitrogens with one attached hydrogen (secondary N) is 2. The zero-order chi connectivity index (χ0) is 13.1. The summed E-state index contributed by atoms with van der Waals surface area (Å²) in [6, 6.07) is 0. The number of aromatic amines is 1. The van der Waals surface area contributed by atoms with Crippen molar-refractivity contribution in [2.45, 2.75) is 16.7 Å². The number of imidazole rings is 1. The zero-order valence-electron chi connectivity index (χ0n) is 10.2. The fraction of sp³-hybridized carbons (Fsp3) is 0.182. The Labute approximate surface area is 113 Å². The molecule has 0 saturated carbocycles. The summed E-state index contributed by atoms with van der Waals surface area (Å²) in [6.45, 7) is 0.753. The molecule has 19 heavy (non-hydrogen) atoms. The van der Waals surface area contributed by atoms with Crippen molar-refractivity contribution >= 4 is 22.9 Å². The quantitative estimate of drug-likeness (QED) is 0.541. The van der Waals surface area contributed by atoms with Crippen LogP contribution >= 0.6 is 11.8 Å². The molecule has 0 unspecified atom stereocenters. The summed E-state index contributed by atoms with van der Waals surface area (Å²) in [5.74, 6) is 0. The summed E-state index contributed by atoms with van der Waals surface area (Å²) < 4.78 is 0. The summed E-state index contributed by atoms with van der Waals surface area (Å²) in [6.07, 6.45) is 6.69. The molecule has 2 N–H and O–H groups in total. The molecular formula is C11H11N7S. The minimum absolute atomic E-state index is 0.643. The molecule has 0 spiro atoms. The summed E-state index contributed by atoms with van der Waals surface area (Å²) in [5.41, 5.74) is 2.49. The lowest BCUT2D eigenvalue weighted by atomic mass is 10.3. The molecule has 3 rings (SSSR count). The van der Waals surface area contributed by atoms with Gasteiger partial charge in [-0.3, -0.25) is 0 Å². The second-order valence-electron chi connectivity index (χ2n) is 3.79. The van der Waals surface area contributed by atoms with Crippen LogP contribution in [0.5, 0.6) is 0 Å². The van der Waals surface area contributed by atoms with E-state index in [1.807, 2.05) is 7.05 Å². The van der Waals surface area contributed by atoms with E-state index in [1.165, 1.54) is 18.1 Å². The van der Waals surface area contributed by atoms with Gasteiger partial charge in [0.1, 0.15) is 16.9 Å². The third-order valence-corrected chi connectivity index (χ3v) is 3.33. The molecule has 0 aliphatic carbocycles. The molecule has 3 heterocycles. The number of hydrogen-bond acceptors (Lipinski definition) is 7. The van der Waals surface area contributed by atoms with Crippen LogP contribution in [0, 0.1) is 0 Å². The van der Waals surface area contributed by atoms with Crippen LogP contribution in [0.1, 0.15) is 5.56 Å². The van der Waals surface area contributed by atoms with E-state index in [0.717, 1.165) is 22.7 Å². The predicted molar refractivity (Wildman–Crippen MR) is 70.6 cm³/mol. The Morgan fingerprint density at radius 1 is 1.16 bits per heavy atom. The van der Waals surface area contributed by atoms with Crippen LogP contribution in [0.15, 0.2) is 35.2 Å². The largest absolute Gasteiger partial charge is 0.341 e. The fourth-order valence-electron chi connectivity index (χ4n) is 1.60.